The topological polar surface area (TPSA) is 50.9 Å². The van der Waals surface area contributed by atoms with Crippen LogP contribution in [0, 0.1) is 6.57 Å². The van der Waals surface area contributed by atoms with Gasteiger partial charge in [0.25, 0.3) is 0 Å². The van der Waals surface area contributed by atoms with E-state index in [1.54, 1.807) is 12.4 Å². The lowest BCUT2D eigenvalue weighted by molar-refractivity contribution is 1.09. The van der Waals surface area contributed by atoms with Crippen molar-refractivity contribution in [2.75, 3.05) is 0 Å². The molecule has 0 amide bonds. The molecule has 0 bridgehead atoms. The molecule has 0 aliphatic carbocycles. The normalized spacial score (nSPS) is 11.3. The Morgan fingerprint density at radius 2 is 2.00 bits per heavy atom. The Labute approximate surface area is 137 Å². The summed E-state index contributed by atoms with van der Waals surface area (Å²) in [6, 6.07) is 13.8. The van der Waals surface area contributed by atoms with Crippen LogP contribution in [0.5, 0.6) is 0 Å². The molecule has 0 fully saturated rings. The summed E-state index contributed by atoms with van der Waals surface area (Å²) < 4.78 is 2.10. The third-order valence-electron chi connectivity index (χ3n) is 4.29. The highest BCUT2D eigenvalue weighted by molar-refractivity contribution is 6.09. The van der Waals surface area contributed by atoms with E-state index in [9.17, 15) is 0 Å². The largest absolute Gasteiger partial charge is 0.340 e. The molecule has 0 unspecified atom stereocenters. The van der Waals surface area contributed by atoms with Gasteiger partial charge in [0.05, 0.1) is 23.8 Å². The number of aromatic amines is 1. The van der Waals surface area contributed by atoms with E-state index in [-0.39, 0.29) is 0 Å². The summed E-state index contributed by atoms with van der Waals surface area (Å²) in [7, 11) is 0. The van der Waals surface area contributed by atoms with Crippen LogP contribution in [0.1, 0.15) is 0 Å². The maximum Gasteiger partial charge on any atom is 0.188 e. The first-order chi connectivity index (χ1) is 11.8. The average molecular weight is 309 g/mol. The number of nitrogens with one attached hydrogen (secondary N) is 1. The van der Waals surface area contributed by atoms with Gasteiger partial charge in [0.1, 0.15) is 11.5 Å². The molecule has 1 N–H and O–H groups in total. The molecule has 0 spiro atoms. The second kappa shape index (κ2) is 4.67. The lowest BCUT2D eigenvalue weighted by atomic mass is 10.2. The predicted octanol–water partition coefficient (Wildman–Crippen LogP) is 4.61. The third-order valence-corrected chi connectivity index (χ3v) is 4.29. The van der Waals surface area contributed by atoms with Gasteiger partial charge in [-0.15, -0.1) is 0 Å². The summed E-state index contributed by atoms with van der Waals surface area (Å²) in [5, 5.41) is 3.17. The van der Waals surface area contributed by atoms with Crippen LogP contribution in [-0.4, -0.2) is 19.5 Å². The molecule has 0 aliphatic heterocycles. The third kappa shape index (κ3) is 1.68. The Morgan fingerprint density at radius 1 is 1.04 bits per heavy atom. The molecule has 0 saturated carbocycles. The number of fused-ring (bicyclic) bond motifs is 4. The molecule has 4 heterocycles. The molecule has 0 saturated heterocycles. The van der Waals surface area contributed by atoms with Gasteiger partial charge in [-0.2, -0.15) is 0 Å². The predicted molar refractivity (Wildman–Crippen MR) is 94.5 cm³/mol. The molecule has 24 heavy (non-hydrogen) atoms. The lowest BCUT2D eigenvalue weighted by Gasteiger charge is -2.03. The molecule has 0 radical (unpaired) electrons. The molecule has 5 heteroatoms. The SMILES string of the molecule is [C-]#[N+]c1ccc2c(c1)c1cccnc1n2-c1cc2ccncc2[nH]1. The van der Waals surface area contributed by atoms with E-state index in [2.05, 4.69) is 30.4 Å². The zero-order chi connectivity index (χ0) is 16.1. The molecule has 5 aromatic rings. The fraction of sp³-hybridized carbons (Fsp3) is 0. The Balaban J connectivity index is 1.94. The summed E-state index contributed by atoms with van der Waals surface area (Å²) in [4.78, 5) is 15.7. The van der Waals surface area contributed by atoms with E-state index in [0.29, 0.717) is 5.69 Å². The Kier molecular flexibility index (Phi) is 2.50. The van der Waals surface area contributed by atoms with Crippen LogP contribution in [0.2, 0.25) is 0 Å². The van der Waals surface area contributed by atoms with Gasteiger partial charge in [0.2, 0.25) is 0 Å². The van der Waals surface area contributed by atoms with Crippen molar-refractivity contribution in [2.24, 2.45) is 0 Å². The van der Waals surface area contributed by atoms with Crippen LogP contribution >= 0.6 is 0 Å². The van der Waals surface area contributed by atoms with Gasteiger partial charge in [-0.1, -0.05) is 6.07 Å². The maximum atomic E-state index is 7.26. The van der Waals surface area contributed by atoms with E-state index in [1.807, 2.05) is 42.6 Å². The van der Waals surface area contributed by atoms with Gasteiger partial charge in [-0.25, -0.2) is 9.83 Å². The summed E-state index contributed by atoms with van der Waals surface area (Å²) in [6.45, 7) is 7.26. The average Bonchev–Trinajstić information content (AvgIpc) is 3.19. The van der Waals surface area contributed by atoms with Crippen molar-refractivity contribution >= 4 is 38.5 Å². The van der Waals surface area contributed by atoms with Crippen molar-refractivity contribution in [1.29, 1.82) is 0 Å². The van der Waals surface area contributed by atoms with Crippen molar-refractivity contribution in [3.05, 3.63) is 72.5 Å². The molecule has 1 aromatic carbocycles. The van der Waals surface area contributed by atoms with Crippen LogP contribution in [0.25, 0.3) is 43.5 Å². The van der Waals surface area contributed by atoms with Gasteiger partial charge in [0.15, 0.2) is 5.69 Å². The highest BCUT2D eigenvalue weighted by Crippen LogP contribution is 2.33. The molecular formula is C19H11N5. The Hall–Kier alpha value is -3.65. The zero-order valence-electron chi connectivity index (χ0n) is 12.6. The van der Waals surface area contributed by atoms with E-state index in [0.717, 1.165) is 38.7 Å². The minimum absolute atomic E-state index is 0.631. The van der Waals surface area contributed by atoms with Gasteiger partial charge < -0.3 is 4.98 Å². The number of pyridine rings is 2. The summed E-state index contributed by atoms with van der Waals surface area (Å²) in [5.41, 5.74) is 3.51. The van der Waals surface area contributed by atoms with Gasteiger partial charge >= 0.3 is 0 Å². The first-order valence-corrected chi connectivity index (χ1v) is 7.55. The molecular weight excluding hydrogens is 298 g/mol. The van der Waals surface area contributed by atoms with Crippen LogP contribution in [-0.2, 0) is 0 Å². The molecule has 112 valence electrons. The number of hydrogen-bond donors (Lipinski definition) is 1. The van der Waals surface area contributed by atoms with Gasteiger partial charge in [0, 0.05) is 23.2 Å². The fourth-order valence-electron chi connectivity index (χ4n) is 3.22. The lowest BCUT2D eigenvalue weighted by Crippen LogP contribution is -1.95. The van der Waals surface area contributed by atoms with Crippen LogP contribution in [0.3, 0.4) is 0 Å². The molecule has 4 aromatic heterocycles. The number of hydrogen-bond acceptors (Lipinski definition) is 2. The second-order valence-corrected chi connectivity index (χ2v) is 5.64. The van der Waals surface area contributed by atoms with E-state index in [1.165, 1.54) is 0 Å². The quantitative estimate of drug-likeness (QED) is 0.460. The molecule has 0 aliphatic rings. The van der Waals surface area contributed by atoms with E-state index in [4.69, 9.17) is 6.57 Å². The molecule has 5 nitrogen and oxygen atoms in total. The monoisotopic (exact) mass is 309 g/mol. The summed E-state index contributed by atoms with van der Waals surface area (Å²) in [5.74, 6) is 0.937. The van der Waals surface area contributed by atoms with Crippen LogP contribution in [0.4, 0.5) is 5.69 Å². The number of aromatic nitrogens is 4. The minimum Gasteiger partial charge on any atom is -0.340 e. The number of rotatable bonds is 1. The minimum atomic E-state index is 0.631. The van der Waals surface area contributed by atoms with Crippen molar-refractivity contribution < 1.29 is 0 Å². The maximum absolute atomic E-state index is 7.26. The number of benzene rings is 1. The van der Waals surface area contributed by atoms with Crippen LogP contribution < -0.4 is 0 Å². The first kappa shape index (κ1) is 12.9. The number of nitrogens with zero attached hydrogens (tertiary/aromatic N) is 4. The van der Waals surface area contributed by atoms with Crippen LogP contribution in [0.15, 0.2) is 61.1 Å². The van der Waals surface area contributed by atoms with E-state index < -0.39 is 0 Å². The van der Waals surface area contributed by atoms with Gasteiger partial charge in [-0.05, 0) is 41.8 Å². The summed E-state index contributed by atoms with van der Waals surface area (Å²) in [6.07, 6.45) is 5.39. The van der Waals surface area contributed by atoms with Crippen molar-refractivity contribution in [3.63, 3.8) is 0 Å². The van der Waals surface area contributed by atoms with Crippen molar-refractivity contribution in [3.8, 4) is 5.82 Å². The van der Waals surface area contributed by atoms with Crippen molar-refractivity contribution in [2.45, 2.75) is 0 Å². The van der Waals surface area contributed by atoms with E-state index >= 15 is 0 Å². The smallest absolute Gasteiger partial charge is 0.188 e. The molecule has 0 atom stereocenters. The molecule has 5 rings (SSSR count). The van der Waals surface area contributed by atoms with Crippen molar-refractivity contribution in [1.82, 2.24) is 19.5 Å². The Bertz CT molecular complexity index is 1240. The summed E-state index contributed by atoms with van der Waals surface area (Å²) >= 11 is 0. The second-order valence-electron chi connectivity index (χ2n) is 5.64. The fourth-order valence-corrected chi connectivity index (χ4v) is 3.22. The number of H-pyrrole nitrogens is 1. The standard InChI is InChI=1S/C19H11N5/c1-20-13-4-5-17-15(10-13)14-3-2-7-22-19(14)24(17)18-9-12-6-8-21-11-16(12)23-18/h2-11,23H. The highest BCUT2D eigenvalue weighted by Gasteiger charge is 2.14. The van der Waals surface area contributed by atoms with Gasteiger partial charge in [-0.3, -0.25) is 9.55 Å². The first-order valence-electron chi connectivity index (χ1n) is 7.55. The Morgan fingerprint density at radius 3 is 2.88 bits per heavy atom. The highest BCUT2D eigenvalue weighted by atomic mass is 15.1. The zero-order valence-corrected chi connectivity index (χ0v) is 12.6.